The summed E-state index contributed by atoms with van der Waals surface area (Å²) in [7, 11) is 0. The molecule has 2 aliphatic rings. The van der Waals surface area contributed by atoms with Crippen LogP contribution in [0.25, 0.3) is 0 Å². The van der Waals surface area contributed by atoms with Crippen molar-refractivity contribution >= 4 is 5.96 Å². The van der Waals surface area contributed by atoms with E-state index in [4.69, 9.17) is 9.73 Å². The molecule has 1 saturated heterocycles. The van der Waals surface area contributed by atoms with Crippen LogP contribution in [0.1, 0.15) is 49.8 Å². The maximum absolute atomic E-state index is 6.09. The Kier molecular flexibility index (Phi) is 5.55. The highest BCUT2D eigenvalue weighted by molar-refractivity contribution is 5.80. The van der Waals surface area contributed by atoms with E-state index in [9.17, 15) is 0 Å². The minimum absolute atomic E-state index is 0.178. The summed E-state index contributed by atoms with van der Waals surface area (Å²) in [6.07, 6.45) is 5.03. The smallest absolute Gasteiger partial charge is 0.191 e. The summed E-state index contributed by atoms with van der Waals surface area (Å²) in [6, 6.07) is 9.38. The van der Waals surface area contributed by atoms with Gasteiger partial charge in [-0.3, -0.25) is 4.99 Å². The lowest BCUT2D eigenvalue weighted by Gasteiger charge is -2.31. The van der Waals surface area contributed by atoms with Crippen molar-refractivity contribution in [3.05, 3.63) is 35.4 Å². The van der Waals surface area contributed by atoms with Crippen LogP contribution in [0.4, 0.5) is 0 Å². The molecule has 0 radical (unpaired) electrons. The van der Waals surface area contributed by atoms with Gasteiger partial charge >= 0.3 is 0 Å². The molecule has 4 heteroatoms. The summed E-state index contributed by atoms with van der Waals surface area (Å²) in [5, 5.41) is 6.85. The Morgan fingerprint density at radius 1 is 1.22 bits per heavy atom. The van der Waals surface area contributed by atoms with Gasteiger partial charge in [0.1, 0.15) is 0 Å². The van der Waals surface area contributed by atoms with Crippen molar-refractivity contribution in [2.75, 3.05) is 19.7 Å². The van der Waals surface area contributed by atoms with E-state index in [1.165, 1.54) is 30.4 Å². The molecule has 126 valence electrons. The molecular weight excluding hydrogens is 286 g/mol. The first-order valence-electron chi connectivity index (χ1n) is 8.99. The predicted octanol–water partition coefficient (Wildman–Crippen LogP) is 3.18. The second-order valence-electron chi connectivity index (χ2n) is 6.74. The Hall–Kier alpha value is -1.55. The average Bonchev–Trinajstić information content (AvgIpc) is 3.38. The van der Waals surface area contributed by atoms with Crippen molar-refractivity contribution in [1.29, 1.82) is 0 Å². The quantitative estimate of drug-likeness (QED) is 0.648. The molecule has 0 amide bonds. The average molecular weight is 315 g/mol. The summed E-state index contributed by atoms with van der Waals surface area (Å²) >= 11 is 0. The summed E-state index contributed by atoms with van der Waals surface area (Å²) in [4.78, 5) is 4.83. The van der Waals surface area contributed by atoms with Gasteiger partial charge < -0.3 is 15.4 Å². The number of benzene rings is 1. The van der Waals surface area contributed by atoms with Crippen molar-refractivity contribution in [3.8, 4) is 0 Å². The Bertz CT molecular complexity index is 522. The van der Waals surface area contributed by atoms with Crippen molar-refractivity contribution < 1.29 is 4.74 Å². The van der Waals surface area contributed by atoms with Crippen LogP contribution in [0.5, 0.6) is 0 Å². The molecule has 1 aromatic carbocycles. The van der Waals surface area contributed by atoms with Crippen molar-refractivity contribution in [3.63, 3.8) is 0 Å². The van der Waals surface area contributed by atoms with Crippen LogP contribution in [0.2, 0.25) is 0 Å². The van der Waals surface area contributed by atoms with Gasteiger partial charge in [-0.15, -0.1) is 0 Å². The van der Waals surface area contributed by atoms with E-state index in [1.807, 2.05) is 0 Å². The van der Waals surface area contributed by atoms with Crippen LogP contribution in [-0.2, 0) is 4.74 Å². The van der Waals surface area contributed by atoms with E-state index in [0.29, 0.717) is 12.0 Å². The molecule has 3 rings (SSSR count). The molecule has 1 aromatic rings. The molecule has 2 atom stereocenters. The van der Waals surface area contributed by atoms with E-state index in [-0.39, 0.29) is 6.10 Å². The monoisotopic (exact) mass is 315 g/mol. The van der Waals surface area contributed by atoms with Gasteiger partial charge in [-0.2, -0.15) is 0 Å². The van der Waals surface area contributed by atoms with Gasteiger partial charge in [0.25, 0.3) is 0 Å². The molecule has 2 unspecified atom stereocenters. The van der Waals surface area contributed by atoms with Gasteiger partial charge in [0.15, 0.2) is 5.96 Å². The summed E-state index contributed by atoms with van der Waals surface area (Å²) in [6.45, 7) is 6.82. The van der Waals surface area contributed by atoms with Gasteiger partial charge in [0.05, 0.1) is 6.10 Å². The third-order valence-corrected chi connectivity index (χ3v) is 4.60. The third-order valence-electron chi connectivity index (χ3n) is 4.60. The first-order chi connectivity index (χ1) is 11.3. The van der Waals surface area contributed by atoms with E-state index in [1.54, 1.807) is 0 Å². The lowest BCUT2D eigenvalue weighted by Crippen LogP contribution is -2.39. The van der Waals surface area contributed by atoms with Gasteiger partial charge in [-0.05, 0) is 45.1 Å². The molecule has 0 bridgehead atoms. The molecule has 2 N–H and O–H groups in total. The Morgan fingerprint density at radius 2 is 2.00 bits per heavy atom. The largest absolute Gasteiger partial charge is 0.373 e. The Labute approximate surface area is 139 Å². The maximum Gasteiger partial charge on any atom is 0.191 e. The zero-order valence-electron chi connectivity index (χ0n) is 14.3. The minimum atomic E-state index is 0.178. The van der Waals surface area contributed by atoms with Crippen LogP contribution in [0, 0.1) is 12.8 Å². The first-order valence-corrected chi connectivity index (χ1v) is 8.99. The highest BCUT2D eigenvalue weighted by Gasteiger charge is 2.28. The number of aliphatic imine (C=N–C) groups is 1. The van der Waals surface area contributed by atoms with E-state index >= 15 is 0 Å². The van der Waals surface area contributed by atoms with Crippen LogP contribution < -0.4 is 10.6 Å². The number of hydrogen-bond donors (Lipinski definition) is 2. The second kappa shape index (κ2) is 7.82. The fraction of sp³-hybridized carbons (Fsp3) is 0.632. The van der Waals surface area contributed by atoms with Crippen LogP contribution in [-0.4, -0.2) is 31.7 Å². The molecule has 1 aliphatic carbocycles. The number of hydrogen-bond acceptors (Lipinski definition) is 2. The third kappa shape index (κ3) is 4.71. The summed E-state index contributed by atoms with van der Waals surface area (Å²) in [5.74, 6) is 1.42. The van der Waals surface area contributed by atoms with Gasteiger partial charge in [-0.1, -0.05) is 29.8 Å². The molecule has 0 spiro atoms. The number of guanidine groups is 1. The highest BCUT2D eigenvalue weighted by Crippen LogP contribution is 2.34. The van der Waals surface area contributed by atoms with E-state index in [0.717, 1.165) is 32.1 Å². The number of nitrogens with zero attached hydrogens (tertiary/aromatic N) is 1. The number of aryl methyl sites for hydroxylation is 1. The summed E-state index contributed by atoms with van der Waals surface area (Å²) < 4.78 is 6.09. The topological polar surface area (TPSA) is 45.7 Å². The molecule has 1 saturated carbocycles. The fourth-order valence-corrected chi connectivity index (χ4v) is 3.10. The normalized spacial score (nSPS) is 25.2. The standard InChI is InChI=1S/C19H29N3O/c1-3-20-19(22-17-10-11-17)21-13-16-5-4-12-23-18(16)15-8-6-14(2)7-9-15/h6-9,16-18H,3-5,10-13H2,1-2H3,(H2,20,21,22). The zero-order chi connectivity index (χ0) is 16.1. The van der Waals surface area contributed by atoms with Crippen LogP contribution in [0.3, 0.4) is 0 Å². The first kappa shape index (κ1) is 16.3. The fourth-order valence-electron chi connectivity index (χ4n) is 3.10. The number of nitrogens with one attached hydrogen (secondary N) is 2. The van der Waals surface area contributed by atoms with E-state index < -0.39 is 0 Å². The lowest BCUT2D eigenvalue weighted by atomic mass is 9.89. The van der Waals surface area contributed by atoms with Crippen molar-refractivity contribution in [2.45, 2.75) is 51.7 Å². The molecule has 2 fully saturated rings. The molecule has 1 heterocycles. The number of ether oxygens (including phenoxy) is 1. The molecule has 4 nitrogen and oxygen atoms in total. The van der Waals surface area contributed by atoms with Gasteiger partial charge in [0.2, 0.25) is 0 Å². The van der Waals surface area contributed by atoms with Gasteiger partial charge in [0, 0.05) is 31.7 Å². The molecular formula is C19H29N3O. The highest BCUT2D eigenvalue weighted by atomic mass is 16.5. The Balaban J connectivity index is 1.66. The molecule has 0 aromatic heterocycles. The molecule has 23 heavy (non-hydrogen) atoms. The molecule has 1 aliphatic heterocycles. The van der Waals surface area contributed by atoms with Crippen LogP contribution >= 0.6 is 0 Å². The lowest BCUT2D eigenvalue weighted by molar-refractivity contribution is -0.0250. The predicted molar refractivity (Wildman–Crippen MR) is 94.7 cm³/mol. The van der Waals surface area contributed by atoms with Gasteiger partial charge in [-0.25, -0.2) is 0 Å². The number of rotatable bonds is 5. The van der Waals surface area contributed by atoms with Crippen molar-refractivity contribution in [2.24, 2.45) is 10.9 Å². The SMILES string of the molecule is CCNC(=NCC1CCCOC1c1ccc(C)cc1)NC1CC1. The van der Waals surface area contributed by atoms with Crippen LogP contribution in [0.15, 0.2) is 29.3 Å². The minimum Gasteiger partial charge on any atom is -0.373 e. The second-order valence-corrected chi connectivity index (χ2v) is 6.74. The zero-order valence-corrected chi connectivity index (χ0v) is 14.3. The Morgan fingerprint density at radius 3 is 2.70 bits per heavy atom. The maximum atomic E-state index is 6.09. The van der Waals surface area contributed by atoms with Crippen molar-refractivity contribution in [1.82, 2.24) is 10.6 Å². The van der Waals surface area contributed by atoms with E-state index in [2.05, 4.69) is 48.7 Å². The summed E-state index contributed by atoms with van der Waals surface area (Å²) in [5.41, 5.74) is 2.58.